The predicted molar refractivity (Wildman–Crippen MR) is 367 cm³/mol. The van der Waals surface area contributed by atoms with E-state index in [-0.39, 0.29) is 98.5 Å². The molecule has 8 atom stereocenters. The van der Waals surface area contributed by atoms with Gasteiger partial charge in [0.25, 0.3) is 17.7 Å². The van der Waals surface area contributed by atoms with E-state index >= 15 is 0 Å². The number of ether oxygens (including phenoxy) is 7. The number of nitrogens with one attached hydrogen (secondary N) is 5. The summed E-state index contributed by atoms with van der Waals surface area (Å²) in [5.41, 5.74) is 3.34. The SMILES string of the molecule is C=C1CC2C(O)N(C(=O)OCc3ccc(NC(=O)C(C)NC(=O)[C@@H](NC(=O)C(C)(C)OCCC(C)(C)NS(=O)(=O)NC(=O)OC4C5CCc6c(n(C(C)C)n6C)CCC54)C(C)C)cc3)c3cc(OCCCOc4cc5c(cc4OC)C(=O)N4CC(=C)C[C@H]4C=N5)c(OC)cc3C(=O)N2C1. The molecule has 2 saturated heterocycles. The lowest BCUT2D eigenvalue weighted by molar-refractivity contribution is -0.146. The summed E-state index contributed by atoms with van der Waals surface area (Å²) in [4.78, 5) is 105. The van der Waals surface area contributed by atoms with E-state index in [0.717, 1.165) is 36.2 Å². The number of carbonyl (C=O) groups is 7. The Morgan fingerprint density at radius 3 is 2.03 bits per heavy atom. The Morgan fingerprint density at radius 1 is 0.768 bits per heavy atom. The largest absolute Gasteiger partial charge is 0.493 e. The first-order valence-corrected chi connectivity index (χ1v) is 35.0. The first-order chi connectivity index (χ1) is 46.8. The van der Waals surface area contributed by atoms with Crippen LogP contribution in [0.5, 0.6) is 23.0 Å². The van der Waals surface area contributed by atoms with E-state index in [1.165, 1.54) is 63.4 Å². The lowest BCUT2D eigenvalue weighted by Crippen LogP contribution is -2.57. The Labute approximate surface area is 577 Å². The quantitative estimate of drug-likeness (QED) is 0.0265. The highest BCUT2D eigenvalue weighted by Gasteiger charge is 2.54. The molecule has 4 aliphatic heterocycles. The smallest absolute Gasteiger partial charge is 0.422 e. The van der Waals surface area contributed by atoms with E-state index in [1.54, 1.807) is 75.2 Å². The van der Waals surface area contributed by atoms with Gasteiger partial charge in [0.2, 0.25) is 11.8 Å². The van der Waals surface area contributed by atoms with Gasteiger partial charge in [0.05, 0.1) is 73.4 Å². The third-order valence-electron chi connectivity index (χ3n) is 19.1. The van der Waals surface area contributed by atoms with Gasteiger partial charge in [-0.05, 0) is 129 Å². The number of hydrogen-bond acceptors (Lipinski definition) is 18. The topological polar surface area (TPSA) is 331 Å². The number of aliphatic imine (C=N–C) groups is 1. The summed E-state index contributed by atoms with van der Waals surface area (Å²) in [7, 11) is 0.573. The van der Waals surface area contributed by atoms with Crippen LogP contribution in [0.2, 0.25) is 0 Å². The number of benzene rings is 3. The average Bonchev–Trinajstić information content (AvgIpc) is 1.86. The number of amides is 7. The molecule has 3 fully saturated rings. The van der Waals surface area contributed by atoms with Crippen molar-refractivity contribution in [1.29, 1.82) is 0 Å². The van der Waals surface area contributed by atoms with E-state index in [0.29, 0.717) is 65.0 Å². The van der Waals surface area contributed by atoms with Gasteiger partial charge in [0, 0.05) is 80.6 Å². The van der Waals surface area contributed by atoms with Gasteiger partial charge in [-0.3, -0.25) is 38.3 Å². The Hall–Kier alpha value is -8.93. The molecule has 2 aliphatic carbocycles. The van der Waals surface area contributed by atoms with Crippen molar-refractivity contribution in [2.45, 2.75) is 174 Å². The number of rotatable bonds is 26. The number of fused-ring (bicyclic) bond motifs is 6. The summed E-state index contributed by atoms with van der Waals surface area (Å²) in [5, 5.41) is 20.2. The van der Waals surface area contributed by atoms with E-state index in [4.69, 9.17) is 33.2 Å². The van der Waals surface area contributed by atoms with Crippen LogP contribution >= 0.6 is 0 Å². The molecule has 0 radical (unpaired) electrons. The van der Waals surface area contributed by atoms with Crippen molar-refractivity contribution < 1.29 is 80.2 Å². The second-order valence-corrected chi connectivity index (χ2v) is 29.5. The molecule has 29 heteroatoms. The number of aliphatic hydroxyl groups excluding tert-OH is 1. The Kier molecular flexibility index (Phi) is 21.7. The maximum Gasteiger partial charge on any atom is 0.422 e. The van der Waals surface area contributed by atoms with Gasteiger partial charge in [-0.2, -0.15) is 13.1 Å². The highest BCUT2D eigenvalue weighted by molar-refractivity contribution is 7.88. The normalized spacial score (nSPS) is 20.9. The van der Waals surface area contributed by atoms with Gasteiger partial charge >= 0.3 is 22.4 Å². The monoisotopic (exact) mass is 1390 g/mol. The molecule has 4 aromatic rings. The lowest BCUT2D eigenvalue weighted by Gasteiger charge is -2.33. The van der Waals surface area contributed by atoms with Gasteiger partial charge in [-0.25, -0.2) is 19.2 Å². The average molecular weight is 1390 g/mol. The maximum absolute atomic E-state index is 14.3. The maximum atomic E-state index is 14.3. The molecule has 10 rings (SSSR count). The van der Waals surface area contributed by atoms with E-state index < -0.39 is 87.4 Å². The summed E-state index contributed by atoms with van der Waals surface area (Å²) in [6.45, 7) is 24.0. The summed E-state index contributed by atoms with van der Waals surface area (Å²) in [5.74, 6) is -1.55. The van der Waals surface area contributed by atoms with E-state index in [2.05, 4.69) is 69.1 Å². The van der Waals surface area contributed by atoms with Gasteiger partial charge in [-0.1, -0.05) is 50.3 Å². The number of nitrogens with zero attached hydrogens (tertiary/aromatic N) is 6. The van der Waals surface area contributed by atoms with Crippen molar-refractivity contribution in [3.8, 4) is 23.0 Å². The van der Waals surface area contributed by atoms with E-state index in [9.17, 15) is 47.1 Å². The molecule has 1 aromatic heterocycles. The fraction of sp³-hybridized carbons (Fsp3) is 0.543. The minimum atomic E-state index is -4.38. The molecule has 99 heavy (non-hydrogen) atoms. The van der Waals surface area contributed by atoms with Crippen molar-refractivity contribution in [2.24, 2.45) is 29.8 Å². The highest BCUT2D eigenvalue weighted by atomic mass is 32.2. The molecular formula is C70H93N11O17S. The second kappa shape index (κ2) is 29.5. The Bertz CT molecular complexity index is 3950. The molecule has 536 valence electrons. The van der Waals surface area contributed by atoms with Crippen molar-refractivity contribution in [3.05, 3.63) is 101 Å². The number of methoxy groups -OCH3 is 2. The Balaban J connectivity index is 0.681. The molecule has 0 bridgehead atoms. The van der Waals surface area contributed by atoms with Crippen LogP contribution in [0.25, 0.3) is 0 Å². The molecular weight excluding hydrogens is 1300 g/mol. The summed E-state index contributed by atoms with van der Waals surface area (Å²) < 4.78 is 76.4. The zero-order valence-electron chi connectivity index (χ0n) is 58.4. The van der Waals surface area contributed by atoms with Crippen LogP contribution in [0.1, 0.15) is 145 Å². The number of anilines is 2. The zero-order chi connectivity index (χ0) is 71.7. The molecule has 5 heterocycles. The van der Waals surface area contributed by atoms with Crippen LogP contribution in [-0.4, -0.2) is 175 Å². The van der Waals surface area contributed by atoms with Crippen molar-refractivity contribution in [1.82, 2.24) is 39.2 Å². The molecule has 28 nitrogen and oxygen atoms in total. The van der Waals surface area contributed by atoms with Gasteiger partial charge in [-0.15, -0.1) is 0 Å². The van der Waals surface area contributed by atoms with Crippen LogP contribution in [-0.2, 0) is 65.3 Å². The molecule has 3 aromatic carbocycles. The van der Waals surface area contributed by atoms with Crippen molar-refractivity contribution in [2.75, 3.05) is 57.3 Å². The molecule has 6 N–H and O–H groups in total. The molecule has 7 amide bonds. The van der Waals surface area contributed by atoms with Crippen molar-refractivity contribution in [3.63, 3.8) is 0 Å². The first kappa shape index (κ1) is 72.8. The first-order valence-electron chi connectivity index (χ1n) is 33.5. The van der Waals surface area contributed by atoms with Crippen LogP contribution in [0.3, 0.4) is 0 Å². The third kappa shape index (κ3) is 16.2. The third-order valence-corrected chi connectivity index (χ3v) is 20.3. The summed E-state index contributed by atoms with van der Waals surface area (Å²) in [6, 6.07) is 9.64. The van der Waals surface area contributed by atoms with Gasteiger partial charge in [0.15, 0.2) is 29.2 Å². The Morgan fingerprint density at radius 2 is 1.38 bits per heavy atom. The van der Waals surface area contributed by atoms with Crippen LogP contribution in [0.15, 0.2) is 77.8 Å². The summed E-state index contributed by atoms with van der Waals surface area (Å²) >= 11 is 0. The summed E-state index contributed by atoms with van der Waals surface area (Å²) in [6.07, 6.45) is 2.46. The second-order valence-electron chi connectivity index (χ2n) is 28.1. The van der Waals surface area contributed by atoms with Crippen molar-refractivity contribution >= 4 is 75.2 Å². The fourth-order valence-corrected chi connectivity index (χ4v) is 14.8. The predicted octanol–water partition coefficient (Wildman–Crippen LogP) is 7.31. The van der Waals surface area contributed by atoms with Crippen LogP contribution < -0.4 is 49.2 Å². The number of hydrogen-bond donors (Lipinski definition) is 6. The number of carbonyl (C=O) groups excluding carboxylic acids is 7. The number of aliphatic hydroxyl groups is 1. The minimum Gasteiger partial charge on any atom is -0.493 e. The van der Waals surface area contributed by atoms with Crippen LogP contribution in [0, 0.1) is 17.8 Å². The lowest BCUT2D eigenvalue weighted by atomic mass is 9.99. The van der Waals surface area contributed by atoms with Gasteiger partial charge in [0.1, 0.15) is 30.4 Å². The molecule has 1 saturated carbocycles. The van der Waals surface area contributed by atoms with E-state index in [1.807, 2.05) is 4.72 Å². The fourth-order valence-electron chi connectivity index (χ4n) is 13.7. The zero-order valence-corrected chi connectivity index (χ0v) is 59.2. The standard InChI is InChI=1S/C70H93N11O17S/c1-38(2)59(74-66(87)70(10,11)97-27-24-69(8,9)76-99(90,91)75-67(88)98-60-46-20-22-51-52(23-21-47(46)60)81(39(3)4)77(51)12)62(83)72-42(7)61(82)73-44-18-16-43(17-19-44)37-96-68(89)80-53-33-58(56(93-14)31-49(53)64(85)79-36-41(6)29-54(79)65(80)86)95-26-15-25-94-57-32-50-48(30-55(57)92-13)63(84)78-35-40(5)28-45(78)34-71-50/h16-19,30-34,38-39,42,45-47,54,59-60,65,76,86H,5-6,15,20-29,35-37H2,1-4,7-14H3,(H,72,83)(H,73,82)(H,74,87)(H,75,88)/t42?,45-,46?,47?,54?,59-,60?,65?/m0/s1. The molecule has 6 aliphatic rings. The molecule has 0 spiro atoms. The number of aromatic nitrogens is 2. The van der Waals surface area contributed by atoms with Crippen LogP contribution in [0.4, 0.5) is 26.7 Å². The molecule has 6 unspecified atom stereocenters. The minimum absolute atomic E-state index is 0.0146. The van der Waals surface area contributed by atoms with Gasteiger partial charge < -0.3 is 64.0 Å². The highest BCUT2D eigenvalue weighted by Crippen LogP contribution is 2.50.